The number of rotatable bonds is 6. The average molecular weight is 413 g/mol. The Bertz CT molecular complexity index is 900. The maximum atomic E-state index is 13.9. The van der Waals surface area contributed by atoms with Gasteiger partial charge in [0.05, 0.1) is 18.8 Å². The normalized spacial score (nSPS) is 14.5. The fourth-order valence-electron chi connectivity index (χ4n) is 3.85. The highest BCUT2D eigenvalue weighted by Crippen LogP contribution is 2.22. The second kappa shape index (κ2) is 9.71. The van der Waals surface area contributed by atoms with Gasteiger partial charge in [-0.2, -0.15) is 0 Å². The molecule has 2 N–H and O–H groups in total. The molecule has 6 nitrogen and oxygen atoms in total. The number of carbonyl (C=O) groups is 2. The van der Waals surface area contributed by atoms with E-state index >= 15 is 0 Å². The van der Waals surface area contributed by atoms with Crippen LogP contribution in [0.3, 0.4) is 0 Å². The summed E-state index contributed by atoms with van der Waals surface area (Å²) in [5, 5.41) is 5.57. The number of hydrogen-bond donors (Lipinski definition) is 2. The van der Waals surface area contributed by atoms with E-state index in [1.165, 1.54) is 6.07 Å². The Labute approximate surface area is 177 Å². The zero-order valence-electron chi connectivity index (χ0n) is 17.8. The lowest BCUT2D eigenvalue weighted by Crippen LogP contribution is -2.50. The van der Waals surface area contributed by atoms with E-state index in [0.717, 1.165) is 22.4 Å². The molecule has 1 saturated heterocycles. The van der Waals surface area contributed by atoms with Gasteiger partial charge >= 0.3 is 0 Å². The number of hydrogen-bond acceptors (Lipinski definition) is 4. The average Bonchev–Trinajstić information content (AvgIpc) is 2.70. The first kappa shape index (κ1) is 21.8. The number of benzene rings is 2. The topological polar surface area (TPSA) is 64.7 Å². The van der Waals surface area contributed by atoms with Crippen molar-refractivity contribution in [3.63, 3.8) is 0 Å². The van der Waals surface area contributed by atoms with Gasteiger partial charge in [-0.15, -0.1) is 0 Å². The van der Waals surface area contributed by atoms with Crippen molar-refractivity contribution in [2.75, 3.05) is 49.5 Å². The van der Waals surface area contributed by atoms with E-state index in [1.54, 1.807) is 12.1 Å². The number of aryl methyl sites for hydroxylation is 3. The van der Waals surface area contributed by atoms with Gasteiger partial charge in [-0.25, -0.2) is 4.39 Å². The van der Waals surface area contributed by atoms with Gasteiger partial charge in [0.2, 0.25) is 11.8 Å². The van der Waals surface area contributed by atoms with Crippen LogP contribution in [0.25, 0.3) is 0 Å². The molecule has 1 fully saturated rings. The molecule has 1 heterocycles. The number of nitrogens with one attached hydrogen (secondary N) is 2. The maximum Gasteiger partial charge on any atom is 0.243 e. The summed E-state index contributed by atoms with van der Waals surface area (Å²) in [6.07, 6.45) is 0. The molecule has 2 amide bonds. The maximum absolute atomic E-state index is 13.9. The van der Waals surface area contributed by atoms with Crippen LogP contribution in [0.4, 0.5) is 15.8 Å². The van der Waals surface area contributed by atoms with Gasteiger partial charge in [0.25, 0.3) is 0 Å². The van der Waals surface area contributed by atoms with Crippen molar-refractivity contribution in [3.8, 4) is 0 Å². The summed E-state index contributed by atoms with van der Waals surface area (Å²) in [7, 11) is 0. The van der Waals surface area contributed by atoms with Crippen LogP contribution in [0, 0.1) is 26.6 Å². The van der Waals surface area contributed by atoms with Crippen molar-refractivity contribution in [2.24, 2.45) is 0 Å². The Hall–Kier alpha value is -2.93. The van der Waals surface area contributed by atoms with Crippen LogP contribution in [0.2, 0.25) is 0 Å². The predicted molar refractivity (Wildman–Crippen MR) is 117 cm³/mol. The van der Waals surface area contributed by atoms with Crippen LogP contribution < -0.4 is 15.5 Å². The summed E-state index contributed by atoms with van der Waals surface area (Å²) in [6, 6.07) is 10.8. The van der Waals surface area contributed by atoms with Crippen LogP contribution in [0.1, 0.15) is 16.7 Å². The van der Waals surface area contributed by atoms with Gasteiger partial charge in [0, 0.05) is 31.9 Å². The van der Waals surface area contributed by atoms with Crippen LogP contribution in [0.5, 0.6) is 0 Å². The second-order valence-electron chi connectivity index (χ2n) is 7.81. The third-order valence-electron chi connectivity index (χ3n) is 5.32. The van der Waals surface area contributed by atoms with Crippen LogP contribution in [0.15, 0.2) is 36.4 Å². The highest BCUT2D eigenvalue weighted by atomic mass is 19.1. The van der Waals surface area contributed by atoms with Gasteiger partial charge < -0.3 is 15.5 Å². The molecule has 7 heteroatoms. The number of carbonyl (C=O) groups excluding carboxylic acids is 2. The molecular formula is C23H29FN4O2. The van der Waals surface area contributed by atoms with E-state index < -0.39 is 0 Å². The molecule has 0 unspecified atom stereocenters. The number of amides is 2. The minimum atomic E-state index is -0.247. The molecular weight excluding hydrogens is 383 g/mol. The monoisotopic (exact) mass is 412 g/mol. The van der Waals surface area contributed by atoms with Gasteiger partial charge in [0.1, 0.15) is 5.82 Å². The number of halogens is 1. The third kappa shape index (κ3) is 5.57. The molecule has 0 spiro atoms. The Kier molecular flexibility index (Phi) is 7.05. The van der Waals surface area contributed by atoms with Crippen molar-refractivity contribution in [3.05, 3.63) is 58.9 Å². The zero-order valence-corrected chi connectivity index (χ0v) is 17.8. The summed E-state index contributed by atoms with van der Waals surface area (Å²) >= 11 is 0. The van der Waals surface area contributed by atoms with E-state index in [2.05, 4.69) is 10.6 Å². The van der Waals surface area contributed by atoms with E-state index in [0.29, 0.717) is 31.9 Å². The minimum Gasteiger partial charge on any atom is -0.367 e. The van der Waals surface area contributed by atoms with E-state index in [-0.39, 0.29) is 30.7 Å². The molecule has 0 atom stereocenters. The molecule has 1 aliphatic heterocycles. The van der Waals surface area contributed by atoms with Crippen LogP contribution >= 0.6 is 0 Å². The van der Waals surface area contributed by atoms with Crippen molar-refractivity contribution in [2.45, 2.75) is 20.8 Å². The minimum absolute atomic E-state index is 0.0687. The lowest BCUT2D eigenvalue weighted by atomic mass is 10.1. The summed E-state index contributed by atoms with van der Waals surface area (Å²) in [4.78, 5) is 28.5. The SMILES string of the molecule is Cc1cc(C)c(NC(=O)CNC(=O)CN2CCN(c3ccccc3F)CC2)c(C)c1. The quantitative estimate of drug-likeness (QED) is 0.766. The van der Waals surface area contributed by atoms with Gasteiger partial charge in [0.15, 0.2) is 0 Å². The molecule has 0 bridgehead atoms. The third-order valence-corrected chi connectivity index (χ3v) is 5.32. The molecule has 3 rings (SSSR count). The molecule has 1 aliphatic rings. The van der Waals surface area contributed by atoms with E-state index in [4.69, 9.17) is 0 Å². The van der Waals surface area contributed by atoms with Crippen molar-refractivity contribution in [1.29, 1.82) is 0 Å². The van der Waals surface area contributed by atoms with Crippen molar-refractivity contribution >= 4 is 23.2 Å². The number of para-hydroxylation sites is 1. The zero-order chi connectivity index (χ0) is 21.7. The largest absolute Gasteiger partial charge is 0.367 e. The molecule has 0 aliphatic carbocycles. The number of anilines is 2. The fraction of sp³-hybridized carbons (Fsp3) is 0.391. The summed E-state index contributed by atoms with van der Waals surface area (Å²) in [6.45, 7) is 8.71. The molecule has 160 valence electrons. The highest BCUT2D eigenvalue weighted by molar-refractivity contribution is 5.96. The Morgan fingerprint density at radius 3 is 2.23 bits per heavy atom. The predicted octanol–water partition coefficient (Wildman–Crippen LogP) is 2.63. The lowest BCUT2D eigenvalue weighted by Gasteiger charge is -2.35. The summed E-state index contributed by atoms with van der Waals surface area (Å²) < 4.78 is 13.9. The van der Waals surface area contributed by atoms with E-state index in [9.17, 15) is 14.0 Å². The Morgan fingerprint density at radius 2 is 1.60 bits per heavy atom. The molecule has 30 heavy (non-hydrogen) atoms. The molecule has 2 aromatic rings. The van der Waals surface area contributed by atoms with Crippen molar-refractivity contribution < 1.29 is 14.0 Å². The van der Waals surface area contributed by atoms with Gasteiger partial charge in [-0.3, -0.25) is 14.5 Å². The summed E-state index contributed by atoms with van der Waals surface area (Å²) in [5.41, 5.74) is 4.54. The first-order valence-corrected chi connectivity index (χ1v) is 10.2. The molecule has 2 aromatic carbocycles. The molecule has 0 aromatic heterocycles. The second-order valence-corrected chi connectivity index (χ2v) is 7.81. The standard InChI is InChI=1S/C23H29FN4O2/c1-16-12-17(2)23(18(3)13-16)26-21(29)14-25-22(30)15-27-8-10-28(11-9-27)20-7-5-4-6-19(20)24/h4-7,12-13H,8-11,14-15H2,1-3H3,(H,25,30)(H,26,29). The summed E-state index contributed by atoms with van der Waals surface area (Å²) in [5.74, 6) is -0.668. The first-order chi connectivity index (χ1) is 14.3. The van der Waals surface area contributed by atoms with Crippen LogP contribution in [-0.4, -0.2) is 56.0 Å². The Balaban J connectivity index is 1.42. The van der Waals surface area contributed by atoms with Crippen molar-refractivity contribution in [1.82, 2.24) is 10.2 Å². The van der Waals surface area contributed by atoms with Gasteiger partial charge in [-0.05, 0) is 44.0 Å². The fourth-order valence-corrected chi connectivity index (χ4v) is 3.85. The molecule has 0 saturated carbocycles. The smallest absolute Gasteiger partial charge is 0.243 e. The molecule has 0 radical (unpaired) electrons. The van der Waals surface area contributed by atoms with Gasteiger partial charge in [-0.1, -0.05) is 29.8 Å². The number of nitrogens with zero attached hydrogens (tertiary/aromatic N) is 2. The lowest BCUT2D eigenvalue weighted by molar-refractivity contribution is -0.125. The highest BCUT2D eigenvalue weighted by Gasteiger charge is 2.21. The first-order valence-electron chi connectivity index (χ1n) is 10.2. The van der Waals surface area contributed by atoms with E-state index in [1.807, 2.05) is 48.8 Å². The number of piperazine rings is 1. The van der Waals surface area contributed by atoms with Crippen LogP contribution in [-0.2, 0) is 9.59 Å². The Morgan fingerprint density at radius 1 is 0.967 bits per heavy atom.